The predicted molar refractivity (Wildman–Crippen MR) is 63.9 cm³/mol. The number of rotatable bonds is 6. The summed E-state index contributed by atoms with van der Waals surface area (Å²) in [5.74, 6) is -0.842. The highest BCUT2D eigenvalue weighted by Gasteiger charge is 2.20. The molecule has 7 heteroatoms. The molecule has 1 heterocycles. The van der Waals surface area contributed by atoms with Crippen molar-refractivity contribution in [2.24, 2.45) is 0 Å². The number of hydrogen-bond acceptors (Lipinski definition) is 5. The minimum absolute atomic E-state index is 0.253. The quantitative estimate of drug-likeness (QED) is 0.765. The summed E-state index contributed by atoms with van der Waals surface area (Å²) in [6, 6.07) is -0.879. The first kappa shape index (κ1) is 13.4. The fourth-order valence-electron chi connectivity index (χ4n) is 1.15. The van der Waals surface area contributed by atoms with Gasteiger partial charge in [0.2, 0.25) is 0 Å². The molecule has 0 aliphatic rings. The van der Waals surface area contributed by atoms with Gasteiger partial charge in [-0.05, 0) is 18.4 Å². The van der Waals surface area contributed by atoms with Gasteiger partial charge < -0.3 is 10.4 Å². The van der Waals surface area contributed by atoms with Crippen molar-refractivity contribution in [3.8, 4) is 0 Å². The highest BCUT2D eigenvalue weighted by Crippen LogP contribution is 2.02. The second-order valence-corrected chi connectivity index (χ2v) is 4.26. The van der Waals surface area contributed by atoms with Gasteiger partial charge in [-0.15, -0.1) is 0 Å². The number of hydrogen-bond donors (Lipinski definition) is 2. The standard InChI is InChI=1S/C10H13N3O3S/c1-17-3-2-8(10(15)16)13-9(14)7-4-11-6-12-5-7/h4-6,8H,2-3H2,1H3,(H,13,14)(H,15,16)/t8-/m0/s1. The van der Waals surface area contributed by atoms with Crippen LogP contribution >= 0.6 is 11.8 Å². The molecule has 0 aliphatic heterocycles. The van der Waals surface area contributed by atoms with E-state index >= 15 is 0 Å². The molecule has 6 nitrogen and oxygen atoms in total. The molecule has 0 aromatic carbocycles. The molecule has 0 spiro atoms. The Morgan fingerprint density at radius 1 is 1.47 bits per heavy atom. The predicted octanol–water partition coefficient (Wildman–Crippen LogP) is 0.413. The summed E-state index contributed by atoms with van der Waals surface area (Å²) < 4.78 is 0. The van der Waals surface area contributed by atoms with Crippen molar-refractivity contribution >= 4 is 23.6 Å². The maximum absolute atomic E-state index is 11.7. The fraction of sp³-hybridized carbons (Fsp3) is 0.400. The molecule has 0 bridgehead atoms. The first-order valence-corrected chi connectivity index (χ1v) is 6.32. The van der Waals surface area contributed by atoms with Crippen LogP contribution in [0.2, 0.25) is 0 Å². The molecule has 0 unspecified atom stereocenters. The van der Waals surface area contributed by atoms with E-state index in [1.165, 1.54) is 30.5 Å². The summed E-state index contributed by atoms with van der Waals surface area (Å²) in [5, 5.41) is 11.4. The van der Waals surface area contributed by atoms with E-state index in [-0.39, 0.29) is 5.56 Å². The van der Waals surface area contributed by atoms with E-state index in [4.69, 9.17) is 5.11 Å². The highest BCUT2D eigenvalue weighted by molar-refractivity contribution is 7.98. The van der Waals surface area contributed by atoms with Crippen molar-refractivity contribution in [1.82, 2.24) is 15.3 Å². The SMILES string of the molecule is CSCC[C@H](NC(=O)c1cncnc1)C(=O)O. The lowest BCUT2D eigenvalue weighted by Gasteiger charge is -2.13. The third-order valence-electron chi connectivity index (χ3n) is 2.04. The van der Waals surface area contributed by atoms with Crippen LogP contribution in [-0.2, 0) is 4.79 Å². The molecule has 1 rings (SSSR count). The number of carboxylic acids is 1. The lowest BCUT2D eigenvalue weighted by Crippen LogP contribution is -2.41. The number of carbonyl (C=O) groups excluding carboxylic acids is 1. The fourth-order valence-corrected chi connectivity index (χ4v) is 1.62. The van der Waals surface area contributed by atoms with Crippen LogP contribution in [0.5, 0.6) is 0 Å². The molecule has 0 aliphatic carbocycles. The molecule has 17 heavy (non-hydrogen) atoms. The van der Waals surface area contributed by atoms with Crippen LogP contribution in [-0.4, -0.2) is 45.0 Å². The first-order valence-electron chi connectivity index (χ1n) is 4.92. The number of nitrogens with one attached hydrogen (secondary N) is 1. The molecule has 0 radical (unpaired) electrons. The van der Waals surface area contributed by atoms with Gasteiger partial charge in [-0.1, -0.05) is 0 Å². The van der Waals surface area contributed by atoms with Crippen molar-refractivity contribution < 1.29 is 14.7 Å². The summed E-state index contributed by atoms with van der Waals surface area (Å²) >= 11 is 1.53. The number of nitrogens with zero attached hydrogens (tertiary/aromatic N) is 2. The molecule has 0 saturated heterocycles. The number of aromatic nitrogens is 2. The van der Waals surface area contributed by atoms with Gasteiger partial charge in [-0.2, -0.15) is 11.8 Å². The van der Waals surface area contributed by atoms with Gasteiger partial charge in [-0.25, -0.2) is 14.8 Å². The molecular formula is C10H13N3O3S. The molecule has 92 valence electrons. The Labute approximate surface area is 103 Å². The molecule has 1 atom stereocenters. The first-order chi connectivity index (χ1) is 8.15. The molecule has 0 saturated carbocycles. The Bertz CT molecular complexity index is 386. The Morgan fingerprint density at radius 3 is 2.65 bits per heavy atom. The minimum Gasteiger partial charge on any atom is -0.480 e. The third kappa shape index (κ3) is 4.39. The van der Waals surface area contributed by atoms with Crippen molar-refractivity contribution in [2.45, 2.75) is 12.5 Å². The Balaban J connectivity index is 2.61. The lowest BCUT2D eigenvalue weighted by atomic mass is 10.2. The van der Waals surface area contributed by atoms with Gasteiger partial charge >= 0.3 is 5.97 Å². The molecule has 0 fully saturated rings. The summed E-state index contributed by atoms with van der Waals surface area (Å²) in [4.78, 5) is 30.0. The maximum Gasteiger partial charge on any atom is 0.326 e. The van der Waals surface area contributed by atoms with Crippen LogP contribution in [0.15, 0.2) is 18.7 Å². The largest absolute Gasteiger partial charge is 0.480 e. The van der Waals surface area contributed by atoms with Gasteiger partial charge in [-0.3, -0.25) is 4.79 Å². The molecule has 2 N–H and O–H groups in total. The topological polar surface area (TPSA) is 92.2 Å². The summed E-state index contributed by atoms with van der Waals surface area (Å²) in [5.41, 5.74) is 0.253. The average molecular weight is 255 g/mol. The monoisotopic (exact) mass is 255 g/mol. The highest BCUT2D eigenvalue weighted by atomic mass is 32.2. The summed E-state index contributed by atoms with van der Waals surface area (Å²) in [6.45, 7) is 0. The number of carbonyl (C=O) groups is 2. The summed E-state index contributed by atoms with van der Waals surface area (Å²) in [7, 11) is 0. The van der Waals surface area contributed by atoms with Crippen LogP contribution in [0, 0.1) is 0 Å². The van der Waals surface area contributed by atoms with E-state index in [0.29, 0.717) is 12.2 Å². The Kier molecular flexibility index (Phi) is 5.41. The van der Waals surface area contributed by atoms with Gasteiger partial charge in [0.15, 0.2) is 0 Å². The van der Waals surface area contributed by atoms with Crippen LogP contribution in [0.3, 0.4) is 0 Å². The number of amides is 1. The normalized spacial score (nSPS) is 11.8. The van der Waals surface area contributed by atoms with Gasteiger partial charge in [0, 0.05) is 12.4 Å². The zero-order valence-corrected chi connectivity index (χ0v) is 10.1. The average Bonchev–Trinajstić information content (AvgIpc) is 2.35. The van der Waals surface area contributed by atoms with Gasteiger partial charge in [0.05, 0.1) is 5.56 Å². The maximum atomic E-state index is 11.7. The Hall–Kier alpha value is -1.63. The van der Waals surface area contributed by atoms with Gasteiger partial charge in [0.1, 0.15) is 12.4 Å². The molecule has 1 aromatic heterocycles. The second-order valence-electron chi connectivity index (χ2n) is 3.27. The number of aliphatic carboxylic acids is 1. The van der Waals surface area contributed by atoms with Crippen molar-refractivity contribution in [2.75, 3.05) is 12.0 Å². The number of thioether (sulfide) groups is 1. The zero-order chi connectivity index (χ0) is 12.7. The minimum atomic E-state index is -1.04. The van der Waals surface area contributed by atoms with Crippen LogP contribution in [0.1, 0.15) is 16.8 Å². The van der Waals surface area contributed by atoms with Gasteiger partial charge in [0.25, 0.3) is 5.91 Å². The zero-order valence-electron chi connectivity index (χ0n) is 9.29. The van der Waals surface area contributed by atoms with E-state index in [2.05, 4.69) is 15.3 Å². The van der Waals surface area contributed by atoms with E-state index in [9.17, 15) is 9.59 Å². The second kappa shape index (κ2) is 6.85. The number of carboxylic acid groups (broad SMARTS) is 1. The van der Waals surface area contributed by atoms with E-state index < -0.39 is 17.9 Å². The van der Waals surface area contributed by atoms with E-state index in [1.807, 2.05) is 6.26 Å². The lowest BCUT2D eigenvalue weighted by molar-refractivity contribution is -0.139. The third-order valence-corrected chi connectivity index (χ3v) is 2.68. The molecule has 1 aromatic rings. The van der Waals surface area contributed by atoms with Crippen LogP contribution in [0.4, 0.5) is 0 Å². The van der Waals surface area contributed by atoms with E-state index in [1.54, 1.807) is 0 Å². The van der Waals surface area contributed by atoms with Crippen molar-refractivity contribution in [3.05, 3.63) is 24.3 Å². The van der Waals surface area contributed by atoms with E-state index in [0.717, 1.165) is 0 Å². The van der Waals surface area contributed by atoms with Crippen molar-refractivity contribution in [3.63, 3.8) is 0 Å². The van der Waals surface area contributed by atoms with Crippen LogP contribution in [0.25, 0.3) is 0 Å². The smallest absolute Gasteiger partial charge is 0.326 e. The molecule has 1 amide bonds. The Morgan fingerprint density at radius 2 is 2.12 bits per heavy atom. The van der Waals surface area contributed by atoms with Crippen LogP contribution < -0.4 is 5.32 Å². The van der Waals surface area contributed by atoms with Crippen molar-refractivity contribution in [1.29, 1.82) is 0 Å². The molecular weight excluding hydrogens is 242 g/mol. The summed E-state index contributed by atoms with van der Waals surface area (Å²) in [6.07, 6.45) is 6.26.